The van der Waals surface area contributed by atoms with E-state index in [1.807, 2.05) is 6.92 Å². The SMILES string of the molecule is CCNC(=NCCNc1nccc(C(F)(F)F)n1)N1CCC(C)CC1. The van der Waals surface area contributed by atoms with Gasteiger partial charge in [0.25, 0.3) is 0 Å². The van der Waals surface area contributed by atoms with Gasteiger partial charge in [-0.3, -0.25) is 4.99 Å². The van der Waals surface area contributed by atoms with Gasteiger partial charge >= 0.3 is 6.18 Å². The molecule has 0 unspecified atom stereocenters. The molecule has 0 saturated carbocycles. The molecule has 2 heterocycles. The van der Waals surface area contributed by atoms with Crippen LogP contribution >= 0.6 is 0 Å². The Morgan fingerprint density at radius 3 is 2.72 bits per heavy atom. The van der Waals surface area contributed by atoms with E-state index in [0.717, 1.165) is 56.6 Å². The summed E-state index contributed by atoms with van der Waals surface area (Å²) < 4.78 is 37.9. The number of nitrogens with zero attached hydrogens (tertiary/aromatic N) is 4. The zero-order valence-corrected chi connectivity index (χ0v) is 14.6. The maximum absolute atomic E-state index is 12.6. The predicted octanol–water partition coefficient (Wildman–Crippen LogP) is 2.60. The van der Waals surface area contributed by atoms with Crippen LogP contribution in [0.4, 0.5) is 19.1 Å². The fourth-order valence-corrected chi connectivity index (χ4v) is 2.58. The summed E-state index contributed by atoms with van der Waals surface area (Å²) in [6, 6.07) is 0.851. The highest BCUT2D eigenvalue weighted by Crippen LogP contribution is 2.27. The number of likely N-dealkylation sites (tertiary alicyclic amines) is 1. The number of hydrogen-bond acceptors (Lipinski definition) is 4. The van der Waals surface area contributed by atoms with Gasteiger partial charge in [0.1, 0.15) is 5.69 Å². The minimum atomic E-state index is -4.47. The fraction of sp³-hybridized carbons (Fsp3) is 0.688. The van der Waals surface area contributed by atoms with Crippen molar-refractivity contribution in [3.63, 3.8) is 0 Å². The lowest BCUT2D eigenvalue weighted by Crippen LogP contribution is -2.45. The van der Waals surface area contributed by atoms with Gasteiger partial charge < -0.3 is 15.5 Å². The molecule has 2 N–H and O–H groups in total. The molecule has 0 atom stereocenters. The van der Waals surface area contributed by atoms with Crippen molar-refractivity contribution in [2.75, 3.05) is 38.0 Å². The van der Waals surface area contributed by atoms with Gasteiger partial charge in [-0.25, -0.2) is 9.97 Å². The van der Waals surface area contributed by atoms with Crippen LogP contribution in [0.15, 0.2) is 17.3 Å². The highest BCUT2D eigenvalue weighted by atomic mass is 19.4. The maximum Gasteiger partial charge on any atom is 0.433 e. The van der Waals surface area contributed by atoms with Crippen molar-refractivity contribution in [1.82, 2.24) is 20.2 Å². The van der Waals surface area contributed by atoms with Crippen molar-refractivity contribution in [3.8, 4) is 0 Å². The number of aromatic nitrogens is 2. The molecule has 1 aliphatic heterocycles. The number of rotatable bonds is 5. The summed E-state index contributed by atoms with van der Waals surface area (Å²) in [5.41, 5.74) is -0.954. The van der Waals surface area contributed by atoms with Crippen LogP contribution in [0.25, 0.3) is 0 Å². The largest absolute Gasteiger partial charge is 0.433 e. The summed E-state index contributed by atoms with van der Waals surface area (Å²) in [7, 11) is 0. The van der Waals surface area contributed by atoms with Gasteiger partial charge in [-0.05, 0) is 31.7 Å². The molecule has 9 heteroatoms. The lowest BCUT2D eigenvalue weighted by atomic mass is 10.00. The second kappa shape index (κ2) is 8.87. The van der Waals surface area contributed by atoms with Crippen molar-refractivity contribution < 1.29 is 13.2 Å². The molecule has 0 bridgehead atoms. The molecule has 25 heavy (non-hydrogen) atoms. The van der Waals surface area contributed by atoms with Crippen molar-refractivity contribution in [1.29, 1.82) is 0 Å². The average Bonchev–Trinajstić information content (AvgIpc) is 2.58. The molecule has 1 saturated heterocycles. The number of alkyl halides is 3. The first-order chi connectivity index (χ1) is 11.9. The third-order valence-electron chi connectivity index (χ3n) is 4.02. The molecule has 6 nitrogen and oxygen atoms in total. The van der Waals surface area contributed by atoms with Crippen LogP contribution in [0.5, 0.6) is 0 Å². The monoisotopic (exact) mass is 358 g/mol. The van der Waals surface area contributed by atoms with Crippen molar-refractivity contribution in [3.05, 3.63) is 18.0 Å². The predicted molar refractivity (Wildman–Crippen MR) is 91.5 cm³/mol. The maximum atomic E-state index is 12.6. The van der Waals surface area contributed by atoms with Crippen LogP contribution in [0.2, 0.25) is 0 Å². The van der Waals surface area contributed by atoms with Gasteiger partial charge in [-0.2, -0.15) is 13.2 Å². The van der Waals surface area contributed by atoms with E-state index in [2.05, 4.69) is 37.4 Å². The number of aliphatic imine (C=N–C) groups is 1. The first kappa shape index (κ1) is 19.3. The van der Waals surface area contributed by atoms with E-state index >= 15 is 0 Å². The van der Waals surface area contributed by atoms with Crippen LogP contribution < -0.4 is 10.6 Å². The number of hydrogen-bond donors (Lipinski definition) is 2. The first-order valence-corrected chi connectivity index (χ1v) is 8.57. The van der Waals surface area contributed by atoms with Crippen molar-refractivity contribution >= 4 is 11.9 Å². The number of nitrogens with one attached hydrogen (secondary N) is 2. The fourth-order valence-electron chi connectivity index (χ4n) is 2.58. The molecule has 0 aliphatic carbocycles. The van der Waals surface area contributed by atoms with Gasteiger partial charge in [0.05, 0.1) is 6.54 Å². The molecule has 1 aromatic rings. The molecule has 140 valence electrons. The Hall–Kier alpha value is -2.06. The summed E-state index contributed by atoms with van der Waals surface area (Å²) in [5, 5.41) is 6.05. The number of guanidine groups is 1. The average molecular weight is 358 g/mol. The summed E-state index contributed by atoms with van der Waals surface area (Å²) in [4.78, 5) is 14.0. The molecule has 0 amide bonds. The molecule has 1 fully saturated rings. The van der Waals surface area contributed by atoms with Gasteiger partial charge in [0.15, 0.2) is 5.96 Å². The van der Waals surface area contributed by atoms with Crippen LogP contribution in [0, 0.1) is 5.92 Å². The quantitative estimate of drug-likeness (QED) is 0.481. The minimum Gasteiger partial charge on any atom is -0.357 e. The Labute approximate surface area is 145 Å². The van der Waals surface area contributed by atoms with Crippen LogP contribution in [0.3, 0.4) is 0 Å². The lowest BCUT2D eigenvalue weighted by molar-refractivity contribution is -0.141. The number of anilines is 1. The van der Waals surface area contributed by atoms with Crippen LogP contribution in [-0.2, 0) is 6.18 Å². The van der Waals surface area contributed by atoms with Gasteiger partial charge in [0.2, 0.25) is 5.95 Å². The lowest BCUT2D eigenvalue weighted by Gasteiger charge is -2.33. The third kappa shape index (κ3) is 6.06. The second-order valence-electron chi connectivity index (χ2n) is 6.10. The molecule has 0 radical (unpaired) electrons. The molecule has 1 aliphatic rings. The Bertz CT molecular complexity index is 567. The van der Waals surface area contributed by atoms with Gasteiger partial charge in [-0.15, -0.1) is 0 Å². The van der Waals surface area contributed by atoms with E-state index in [9.17, 15) is 13.2 Å². The van der Waals surface area contributed by atoms with Crippen molar-refractivity contribution in [2.45, 2.75) is 32.9 Å². The van der Waals surface area contributed by atoms with E-state index in [-0.39, 0.29) is 5.95 Å². The Morgan fingerprint density at radius 1 is 1.36 bits per heavy atom. The van der Waals surface area contributed by atoms with Crippen molar-refractivity contribution in [2.24, 2.45) is 10.9 Å². The zero-order chi connectivity index (χ0) is 18.3. The summed E-state index contributed by atoms with van der Waals surface area (Å²) >= 11 is 0. The summed E-state index contributed by atoms with van der Waals surface area (Å²) in [6.45, 7) is 7.76. The Morgan fingerprint density at radius 2 is 2.08 bits per heavy atom. The summed E-state index contributed by atoms with van der Waals surface area (Å²) in [5.74, 6) is 1.54. The number of piperidine rings is 1. The second-order valence-corrected chi connectivity index (χ2v) is 6.10. The van der Waals surface area contributed by atoms with Gasteiger partial charge in [-0.1, -0.05) is 6.92 Å². The van der Waals surface area contributed by atoms with Crippen LogP contribution in [-0.4, -0.2) is 53.6 Å². The topological polar surface area (TPSA) is 65.4 Å². The minimum absolute atomic E-state index is 0.0400. The van der Waals surface area contributed by atoms with Crippen LogP contribution in [0.1, 0.15) is 32.4 Å². The first-order valence-electron chi connectivity index (χ1n) is 8.57. The molecule has 2 rings (SSSR count). The number of halogens is 3. The third-order valence-corrected chi connectivity index (χ3v) is 4.02. The molecular weight excluding hydrogens is 333 g/mol. The van der Waals surface area contributed by atoms with E-state index < -0.39 is 11.9 Å². The highest BCUT2D eigenvalue weighted by Gasteiger charge is 2.32. The Kier molecular flexibility index (Phi) is 6.83. The van der Waals surface area contributed by atoms with E-state index in [1.54, 1.807) is 0 Å². The van der Waals surface area contributed by atoms with Gasteiger partial charge in [0, 0.05) is 32.4 Å². The van der Waals surface area contributed by atoms with E-state index in [1.165, 1.54) is 0 Å². The smallest absolute Gasteiger partial charge is 0.357 e. The standard InChI is InChI=1S/C16H25F3N6/c1-3-20-15(25-10-5-12(2)6-11-25)23-9-8-22-14-21-7-4-13(24-14)16(17,18)19/h4,7,12H,3,5-6,8-11H2,1-2H3,(H,20,23)(H,21,22,24). The molecular formula is C16H25F3N6. The van der Waals surface area contributed by atoms with E-state index in [4.69, 9.17) is 0 Å². The zero-order valence-electron chi connectivity index (χ0n) is 14.6. The molecule has 0 aromatic carbocycles. The highest BCUT2D eigenvalue weighted by molar-refractivity contribution is 5.80. The summed E-state index contributed by atoms with van der Waals surface area (Å²) in [6.07, 6.45) is -1.09. The Balaban J connectivity index is 1.87. The molecule has 1 aromatic heterocycles. The van der Waals surface area contributed by atoms with E-state index in [0.29, 0.717) is 13.1 Å². The normalized spacial score (nSPS) is 16.8. The molecule has 0 spiro atoms.